The number of methoxy groups -OCH3 is 1. The highest BCUT2D eigenvalue weighted by atomic mass is 16.5. The van der Waals surface area contributed by atoms with E-state index in [1.807, 2.05) is 18.2 Å². The molecule has 0 spiro atoms. The van der Waals surface area contributed by atoms with Gasteiger partial charge in [0.1, 0.15) is 5.75 Å². The van der Waals surface area contributed by atoms with Crippen LogP contribution in [0.25, 0.3) is 0 Å². The second-order valence-corrected chi connectivity index (χ2v) is 3.98. The normalized spacial score (nSPS) is 11.9. The third-order valence-electron chi connectivity index (χ3n) is 2.95. The van der Waals surface area contributed by atoms with Gasteiger partial charge in [-0.25, -0.2) is 0 Å². The highest BCUT2D eigenvalue weighted by Crippen LogP contribution is 2.20. The van der Waals surface area contributed by atoms with Crippen LogP contribution in [0.2, 0.25) is 0 Å². The van der Waals surface area contributed by atoms with Gasteiger partial charge in [0, 0.05) is 6.54 Å². The maximum Gasteiger partial charge on any atom is 0.173 e. The molecule has 100 valence electrons. The van der Waals surface area contributed by atoms with Crippen molar-refractivity contribution in [2.75, 3.05) is 20.2 Å². The molecule has 0 aliphatic carbocycles. The summed E-state index contributed by atoms with van der Waals surface area (Å²) < 4.78 is 5.20. The Kier molecular flexibility index (Phi) is 5.45. The van der Waals surface area contributed by atoms with Crippen LogP contribution in [0, 0.1) is 0 Å². The summed E-state index contributed by atoms with van der Waals surface area (Å²) in [6.45, 7) is 7.06. The van der Waals surface area contributed by atoms with E-state index in [9.17, 15) is 0 Å². The zero-order valence-corrected chi connectivity index (χ0v) is 11.2. The van der Waals surface area contributed by atoms with Crippen molar-refractivity contribution >= 4 is 5.84 Å². The van der Waals surface area contributed by atoms with Gasteiger partial charge in [-0.2, -0.15) is 0 Å². The Morgan fingerprint density at radius 2 is 2.06 bits per heavy atom. The molecule has 0 unspecified atom stereocenters. The lowest BCUT2D eigenvalue weighted by atomic mass is 10.1. The minimum Gasteiger partial charge on any atom is -0.496 e. The quantitative estimate of drug-likeness (QED) is 0.349. The van der Waals surface area contributed by atoms with Gasteiger partial charge in [0.05, 0.1) is 12.7 Å². The van der Waals surface area contributed by atoms with Crippen molar-refractivity contribution in [1.29, 1.82) is 0 Å². The van der Waals surface area contributed by atoms with Gasteiger partial charge in [-0.1, -0.05) is 25.1 Å². The Hall–Kier alpha value is -1.75. The number of benzene rings is 1. The van der Waals surface area contributed by atoms with Crippen LogP contribution in [0.15, 0.2) is 23.4 Å². The third kappa shape index (κ3) is 3.37. The lowest BCUT2D eigenvalue weighted by molar-refractivity contribution is 0.295. The van der Waals surface area contributed by atoms with Gasteiger partial charge in [-0.15, -0.1) is 0 Å². The molecule has 0 amide bonds. The number of oxime groups is 1. The highest BCUT2D eigenvalue weighted by molar-refractivity contribution is 5.99. The monoisotopic (exact) mass is 251 g/mol. The molecule has 0 fully saturated rings. The summed E-state index contributed by atoms with van der Waals surface area (Å²) in [7, 11) is 1.56. The van der Waals surface area contributed by atoms with Crippen LogP contribution < -0.4 is 10.5 Å². The Bertz CT molecular complexity index is 415. The van der Waals surface area contributed by atoms with Gasteiger partial charge in [0.25, 0.3) is 0 Å². The number of nitrogens with zero attached hydrogens (tertiary/aromatic N) is 2. The molecule has 0 atom stereocenters. The topological polar surface area (TPSA) is 71.1 Å². The molecule has 0 saturated carbocycles. The number of amidine groups is 1. The van der Waals surface area contributed by atoms with Crippen LogP contribution in [0.5, 0.6) is 5.75 Å². The number of nitrogens with two attached hydrogens (primary N) is 1. The Balaban J connectivity index is 3.03. The molecule has 3 N–H and O–H groups in total. The van der Waals surface area contributed by atoms with Gasteiger partial charge in [-0.3, -0.25) is 4.90 Å². The third-order valence-corrected chi connectivity index (χ3v) is 2.95. The molecule has 0 aliphatic heterocycles. The first-order valence-electron chi connectivity index (χ1n) is 6.03. The highest BCUT2D eigenvalue weighted by Gasteiger charge is 2.10. The lowest BCUT2D eigenvalue weighted by Crippen LogP contribution is -2.22. The average molecular weight is 251 g/mol. The first-order valence-corrected chi connectivity index (χ1v) is 6.03. The second-order valence-electron chi connectivity index (χ2n) is 3.98. The molecule has 0 radical (unpaired) electrons. The maximum absolute atomic E-state index is 8.77. The average Bonchev–Trinajstić information content (AvgIpc) is 2.43. The van der Waals surface area contributed by atoms with Gasteiger partial charge < -0.3 is 15.7 Å². The van der Waals surface area contributed by atoms with Gasteiger partial charge >= 0.3 is 0 Å². The number of ether oxygens (including phenoxy) is 1. The lowest BCUT2D eigenvalue weighted by Gasteiger charge is -2.19. The maximum atomic E-state index is 8.77. The summed E-state index contributed by atoms with van der Waals surface area (Å²) in [5.74, 6) is 0.668. The zero-order valence-electron chi connectivity index (χ0n) is 11.2. The van der Waals surface area contributed by atoms with E-state index in [4.69, 9.17) is 15.7 Å². The van der Waals surface area contributed by atoms with E-state index >= 15 is 0 Å². The summed E-state index contributed by atoms with van der Waals surface area (Å²) in [5, 5.41) is 11.8. The Labute approximate surface area is 108 Å². The molecule has 18 heavy (non-hydrogen) atoms. The van der Waals surface area contributed by atoms with Crippen LogP contribution in [0.1, 0.15) is 25.0 Å². The van der Waals surface area contributed by atoms with E-state index in [0.717, 1.165) is 25.2 Å². The molecule has 0 aliphatic rings. The van der Waals surface area contributed by atoms with E-state index < -0.39 is 0 Å². The summed E-state index contributed by atoms with van der Waals surface area (Å²) in [5.41, 5.74) is 7.37. The molecular formula is C13H21N3O2. The van der Waals surface area contributed by atoms with Crippen molar-refractivity contribution in [1.82, 2.24) is 4.90 Å². The van der Waals surface area contributed by atoms with Gasteiger partial charge in [-0.05, 0) is 30.8 Å². The van der Waals surface area contributed by atoms with Crippen molar-refractivity contribution in [2.45, 2.75) is 20.4 Å². The van der Waals surface area contributed by atoms with Crippen molar-refractivity contribution in [3.8, 4) is 5.75 Å². The van der Waals surface area contributed by atoms with Gasteiger partial charge in [0.15, 0.2) is 5.84 Å². The largest absolute Gasteiger partial charge is 0.496 e. The summed E-state index contributed by atoms with van der Waals surface area (Å²) in [6, 6.07) is 5.73. The fourth-order valence-electron chi connectivity index (χ4n) is 1.81. The van der Waals surface area contributed by atoms with Crippen LogP contribution in [-0.2, 0) is 6.54 Å². The van der Waals surface area contributed by atoms with E-state index in [0.29, 0.717) is 11.3 Å². The molecule has 0 bridgehead atoms. The van der Waals surface area contributed by atoms with Crippen molar-refractivity contribution in [3.05, 3.63) is 29.3 Å². The van der Waals surface area contributed by atoms with E-state index in [1.165, 1.54) is 0 Å². The molecule has 5 nitrogen and oxygen atoms in total. The molecule has 0 saturated heterocycles. The van der Waals surface area contributed by atoms with Crippen LogP contribution in [0.3, 0.4) is 0 Å². The summed E-state index contributed by atoms with van der Waals surface area (Å²) in [6.07, 6.45) is 0. The van der Waals surface area contributed by atoms with Crippen LogP contribution >= 0.6 is 0 Å². The fraction of sp³-hybridized carbons (Fsp3) is 0.462. The minimum absolute atomic E-state index is 0.0632. The standard InChI is InChI=1S/C13H21N3O2/c1-4-16(5-2)9-10-6-7-12(18-3)11(8-10)13(14)15-17/h6-8,17H,4-5,9H2,1-3H3,(H2,14,15). The fourth-order valence-corrected chi connectivity index (χ4v) is 1.81. The van der Waals surface area contributed by atoms with E-state index in [-0.39, 0.29) is 5.84 Å². The van der Waals surface area contributed by atoms with Crippen molar-refractivity contribution in [2.24, 2.45) is 10.9 Å². The summed E-state index contributed by atoms with van der Waals surface area (Å²) in [4.78, 5) is 2.29. The molecule has 1 rings (SSSR count). The zero-order chi connectivity index (χ0) is 13.5. The van der Waals surface area contributed by atoms with Crippen molar-refractivity contribution < 1.29 is 9.94 Å². The SMILES string of the molecule is CCN(CC)Cc1ccc(OC)c(C(N)=NO)c1. The minimum atomic E-state index is 0.0632. The molecule has 0 aromatic heterocycles. The first-order chi connectivity index (χ1) is 8.65. The van der Waals surface area contributed by atoms with Gasteiger partial charge in [0.2, 0.25) is 0 Å². The smallest absolute Gasteiger partial charge is 0.173 e. The predicted molar refractivity (Wildman–Crippen MR) is 72.1 cm³/mol. The Morgan fingerprint density at radius 1 is 1.39 bits per heavy atom. The predicted octanol–water partition coefficient (Wildman–Crippen LogP) is 1.63. The molecule has 1 aromatic rings. The first kappa shape index (κ1) is 14.3. The van der Waals surface area contributed by atoms with Crippen LogP contribution in [-0.4, -0.2) is 36.1 Å². The molecule has 0 heterocycles. The van der Waals surface area contributed by atoms with Crippen molar-refractivity contribution in [3.63, 3.8) is 0 Å². The van der Waals surface area contributed by atoms with E-state index in [2.05, 4.69) is 23.9 Å². The van der Waals surface area contributed by atoms with E-state index in [1.54, 1.807) is 7.11 Å². The molecule has 5 heteroatoms. The Morgan fingerprint density at radius 3 is 2.56 bits per heavy atom. The number of hydrogen-bond acceptors (Lipinski definition) is 4. The summed E-state index contributed by atoms with van der Waals surface area (Å²) >= 11 is 0. The molecular weight excluding hydrogens is 230 g/mol. The second kappa shape index (κ2) is 6.86. The molecule has 1 aromatic carbocycles. The van der Waals surface area contributed by atoms with Crippen LogP contribution in [0.4, 0.5) is 0 Å². The number of rotatable bonds is 6. The number of hydrogen-bond donors (Lipinski definition) is 2.